The number of anilines is 1. The molecule has 148 valence electrons. The lowest BCUT2D eigenvalue weighted by molar-refractivity contribution is -0.973. The van der Waals surface area contributed by atoms with E-state index in [4.69, 9.17) is 0 Å². The number of carbonyl (C=O) groups is 1. The van der Waals surface area contributed by atoms with Crippen molar-refractivity contribution in [3.8, 4) is 0 Å². The molecule has 2 atom stereocenters. The van der Waals surface area contributed by atoms with Gasteiger partial charge < -0.3 is 15.5 Å². The first-order chi connectivity index (χ1) is 13.6. The number of hydrogen-bond donors (Lipinski definition) is 3. The van der Waals surface area contributed by atoms with E-state index >= 15 is 0 Å². The molecule has 0 unspecified atom stereocenters. The first kappa shape index (κ1) is 18.9. The summed E-state index contributed by atoms with van der Waals surface area (Å²) in [5, 5.41) is 6.14. The molecule has 2 aromatic carbocycles. The molecule has 5 heteroatoms. The highest BCUT2D eigenvalue weighted by molar-refractivity contribution is 5.89. The van der Waals surface area contributed by atoms with Crippen LogP contribution < -0.4 is 15.5 Å². The van der Waals surface area contributed by atoms with Gasteiger partial charge in [-0.15, -0.1) is 0 Å². The number of rotatable bonds is 4. The molecule has 4 nitrogen and oxygen atoms in total. The first-order valence-electron chi connectivity index (χ1n) is 10.3. The molecule has 2 aliphatic rings. The summed E-state index contributed by atoms with van der Waals surface area (Å²) in [5.74, 6) is -0.179. The van der Waals surface area contributed by atoms with E-state index in [-0.39, 0.29) is 17.9 Å². The fraction of sp³-hybridized carbons (Fsp3) is 0.435. The van der Waals surface area contributed by atoms with E-state index in [1.165, 1.54) is 30.4 Å². The maximum Gasteiger partial charge on any atom is 0.319 e. The monoisotopic (exact) mass is 382 g/mol. The molecule has 2 aliphatic heterocycles. The number of hydrogen-bond acceptors (Lipinski definition) is 1. The van der Waals surface area contributed by atoms with E-state index < -0.39 is 0 Å². The average molecular weight is 383 g/mol. The standard InChI is InChI=1S/C23H28FN3O/c1-16-5-11-19(12-6-16)25-23(28)26-20-13-21-3-2-4-22(14-20)27(21)15-17-7-9-18(24)10-8-17/h5-12,20-22H,2-4,13-15H2,1H3,(H2,25,26,28)/p+1/t21-,22-/m1/s1. The number of aryl methyl sites for hydroxylation is 1. The summed E-state index contributed by atoms with van der Waals surface area (Å²) in [5.41, 5.74) is 3.19. The number of amides is 2. The summed E-state index contributed by atoms with van der Waals surface area (Å²) in [4.78, 5) is 14.0. The Bertz CT molecular complexity index is 792. The van der Waals surface area contributed by atoms with E-state index in [0.29, 0.717) is 12.1 Å². The van der Waals surface area contributed by atoms with Gasteiger partial charge in [0, 0.05) is 30.1 Å². The second-order valence-corrected chi connectivity index (χ2v) is 8.34. The minimum Gasteiger partial charge on any atom is -0.335 e. The van der Waals surface area contributed by atoms with Crippen molar-refractivity contribution in [1.82, 2.24) is 5.32 Å². The van der Waals surface area contributed by atoms with Crippen molar-refractivity contribution >= 4 is 11.7 Å². The van der Waals surface area contributed by atoms with Crippen LogP contribution in [0.3, 0.4) is 0 Å². The van der Waals surface area contributed by atoms with Crippen LogP contribution in [-0.2, 0) is 6.54 Å². The van der Waals surface area contributed by atoms with Gasteiger partial charge in [0.2, 0.25) is 0 Å². The maximum absolute atomic E-state index is 13.2. The summed E-state index contributed by atoms with van der Waals surface area (Å²) in [6.45, 7) is 2.97. The van der Waals surface area contributed by atoms with Crippen molar-refractivity contribution in [2.45, 2.75) is 63.7 Å². The molecule has 2 aromatic rings. The number of urea groups is 1. The smallest absolute Gasteiger partial charge is 0.319 e. The first-order valence-corrected chi connectivity index (χ1v) is 10.3. The topological polar surface area (TPSA) is 45.6 Å². The highest BCUT2D eigenvalue weighted by Crippen LogP contribution is 2.23. The van der Waals surface area contributed by atoms with Crippen LogP contribution in [0.4, 0.5) is 14.9 Å². The van der Waals surface area contributed by atoms with Gasteiger partial charge in [0.05, 0.1) is 12.1 Å². The predicted octanol–water partition coefficient (Wildman–Crippen LogP) is 3.42. The Kier molecular flexibility index (Phi) is 5.62. The second kappa shape index (κ2) is 8.31. The fourth-order valence-electron chi connectivity index (χ4n) is 4.87. The van der Waals surface area contributed by atoms with Crippen molar-refractivity contribution < 1.29 is 14.1 Å². The molecule has 28 heavy (non-hydrogen) atoms. The van der Waals surface area contributed by atoms with E-state index in [2.05, 4.69) is 10.6 Å². The van der Waals surface area contributed by atoms with Gasteiger partial charge >= 0.3 is 6.03 Å². The van der Waals surface area contributed by atoms with Crippen molar-refractivity contribution in [3.05, 3.63) is 65.5 Å². The van der Waals surface area contributed by atoms with Gasteiger partial charge in [0.15, 0.2) is 0 Å². The minimum absolute atomic E-state index is 0.117. The summed E-state index contributed by atoms with van der Waals surface area (Å²) in [6, 6.07) is 16.0. The number of nitrogens with one attached hydrogen (secondary N) is 3. The average Bonchev–Trinajstić information content (AvgIpc) is 2.66. The molecule has 2 heterocycles. The van der Waals surface area contributed by atoms with E-state index in [1.807, 2.05) is 43.3 Å². The molecule has 0 aliphatic carbocycles. The Morgan fingerprint density at radius 3 is 2.32 bits per heavy atom. The zero-order valence-corrected chi connectivity index (χ0v) is 16.4. The van der Waals surface area contributed by atoms with Crippen LogP contribution in [0.5, 0.6) is 0 Å². The van der Waals surface area contributed by atoms with Crippen LogP contribution in [0.1, 0.15) is 43.2 Å². The van der Waals surface area contributed by atoms with Crippen LogP contribution in [0.15, 0.2) is 48.5 Å². The van der Waals surface area contributed by atoms with E-state index in [9.17, 15) is 9.18 Å². The highest BCUT2D eigenvalue weighted by atomic mass is 19.1. The highest BCUT2D eigenvalue weighted by Gasteiger charge is 2.42. The Balaban J connectivity index is 1.35. The van der Waals surface area contributed by atoms with Crippen LogP contribution in [0.2, 0.25) is 0 Å². The van der Waals surface area contributed by atoms with Crippen LogP contribution in [0.25, 0.3) is 0 Å². The summed E-state index contributed by atoms with van der Waals surface area (Å²) >= 11 is 0. The molecule has 0 saturated carbocycles. The SMILES string of the molecule is Cc1ccc(NC(=O)NC2C[C@H]3CCC[C@H](C2)[NH+]3Cc2ccc(F)cc2)cc1. The Labute approximate surface area is 166 Å². The molecular formula is C23H29FN3O+. The van der Waals surface area contributed by atoms with Gasteiger partial charge in [0.25, 0.3) is 0 Å². The Morgan fingerprint density at radius 1 is 1.04 bits per heavy atom. The number of carbonyl (C=O) groups excluding carboxylic acids is 1. The number of benzene rings is 2. The van der Waals surface area contributed by atoms with Crippen molar-refractivity contribution in [3.63, 3.8) is 0 Å². The lowest BCUT2D eigenvalue weighted by Crippen LogP contribution is -3.20. The van der Waals surface area contributed by atoms with E-state index in [0.717, 1.165) is 25.1 Å². The summed E-state index contributed by atoms with van der Waals surface area (Å²) in [6.07, 6.45) is 5.68. The van der Waals surface area contributed by atoms with E-state index in [1.54, 1.807) is 17.0 Å². The fourth-order valence-corrected chi connectivity index (χ4v) is 4.87. The third kappa shape index (κ3) is 4.53. The zero-order chi connectivity index (χ0) is 19.5. The quantitative estimate of drug-likeness (QED) is 0.745. The molecule has 2 fully saturated rings. The number of fused-ring (bicyclic) bond motifs is 2. The molecular weight excluding hydrogens is 353 g/mol. The van der Waals surface area contributed by atoms with Crippen LogP contribution >= 0.6 is 0 Å². The van der Waals surface area contributed by atoms with Crippen molar-refractivity contribution in [2.24, 2.45) is 0 Å². The third-order valence-electron chi connectivity index (χ3n) is 6.26. The lowest BCUT2D eigenvalue weighted by atomic mass is 9.81. The second-order valence-electron chi connectivity index (χ2n) is 8.34. The lowest BCUT2D eigenvalue weighted by Gasteiger charge is -2.46. The number of piperidine rings is 2. The van der Waals surface area contributed by atoms with Gasteiger partial charge in [-0.1, -0.05) is 29.8 Å². The maximum atomic E-state index is 13.2. The molecule has 0 aromatic heterocycles. The molecule has 2 amide bonds. The molecule has 0 radical (unpaired) electrons. The van der Waals surface area contributed by atoms with Crippen LogP contribution in [-0.4, -0.2) is 24.2 Å². The summed E-state index contributed by atoms with van der Waals surface area (Å²) < 4.78 is 13.2. The normalized spacial score (nSPS) is 26.5. The van der Waals surface area contributed by atoms with Crippen molar-refractivity contribution in [2.75, 3.05) is 5.32 Å². The largest absolute Gasteiger partial charge is 0.335 e. The minimum atomic E-state index is -0.179. The molecule has 3 N–H and O–H groups in total. The molecule has 2 bridgehead atoms. The molecule has 0 spiro atoms. The van der Waals surface area contributed by atoms with Gasteiger partial charge in [-0.3, -0.25) is 0 Å². The van der Waals surface area contributed by atoms with Gasteiger partial charge in [-0.05, 0) is 50.5 Å². The molecule has 4 rings (SSSR count). The Morgan fingerprint density at radius 2 is 1.68 bits per heavy atom. The van der Waals surface area contributed by atoms with Gasteiger partial charge in [-0.2, -0.15) is 0 Å². The Hall–Kier alpha value is -2.40. The van der Waals surface area contributed by atoms with Crippen molar-refractivity contribution in [1.29, 1.82) is 0 Å². The van der Waals surface area contributed by atoms with Gasteiger partial charge in [-0.25, -0.2) is 9.18 Å². The van der Waals surface area contributed by atoms with Gasteiger partial charge in [0.1, 0.15) is 12.4 Å². The molecule has 2 saturated heterocycles. The number of halogens is 1. The zero-order valence-electron chi connectivity index (χ0n) is 16.4. The predicted molar refractivity (Wildman–Crippen MR) is 109 cm³/mol. The number of quaternary nitrogens is 1. The summed E-state index contributed by atoms with van der Waals surface area (Å²) in [7, 11) is 0. The third-order valence-corrected chi connectivity index (χ3v) is 6.26. The van der Waals surface area contributed by atoms with Crippen LogP contribution in [0, 0.1) is 12.7 Å².